The molecule has 0 saturated heterocycles. The number of nitrogens with two attached hydrogens (primary N) is 1. The van der Waals surface area contributed by atoms with E-state index in [0.717, 1.165) is 19.2 Å². The first-order chi connectivity index (χ1) is 6.32. The predicted octanol–water partition coefficient (Wildman–Crippen LogP) is 2.47. The van der Waals surface area contributed by atoms with Gasteiger partial charge in [0.2, 0.25) is 0 Å². The summed E-state index contributed by atoms with van der Waals surface area (Å²) < 4.78 is 49.3. The predicted molar refractivity (Wildman–Crippen MR) is 43.1 cm³/mol. The van der Waals surface area contributed by atoms with Crippen LogP contribution in [0, 0.1) is 5.82 Å². The van der Waals surface area contributed by atoms with Crippen molar-refractivity contribution in [2.24, 2.45) is 0 Å². The molecular weight excluding hydrogens is 200 g/mol. The summed E-state index contributed by atoms with van der Waals surface area (Å²) in [5.41, 5.74) is 4.80. The van der Waals surface area contributed by atoms with Gasteiger partial charge in [0.1, 0.15) is 0 Å². The van der Waals surface area contributed by atoms with E-state index < -0.39 is 23.7 Å². The molecule has 1 unspecified atom stereocenters. The van der Waals surface area contributed by atoms with Gasteiger partial charge in [-0.1, -0.05) is 0 Å². The largest absolute Gasteiger partial charge is 0.395 e. The highest BCUT2D eigenvalue weighted by Crippen LogP contribution is 2.34. The number of pyridine rings is 1. The molecular formula is C8H8F4N2. The molecule has 0 amide bonds. The first-order valence-electron chi connectivity index (χ1n) is 3.80. The SMILES string of the molecule is CC(c1cnc(N)c(F)c1)C(F)(F)F. The van der Waals surface area contributed by atoms with Gasteiger partial charge in [0.15, 0.2) is 11.6 Å². The third-order valence-electron chi connectivity index (χ3n) is 1.88. The van der Waals surface area contributed by atoms with Crippen LogP contribution >= 0.6 is 0 Å². The summed E-state index contributed by atoms with van der Waals surface area (Å²) >= 11 is 0. The smallest absolute Gasteiger partial charge is 0.381 e. The molecule has 0 fully saturated rings. The topological polar surface area (TPSA) is 38.9 Å². The fourth-order valence-electron chi connectivity index (χ4n) is 0.889. The highest BCUT2D eigenvalue weighted by molar-refractivity contribution is 5.33. The third kappa shape index (κ3) is 2.12. The Labute approximate surface area is 77.7 Å². The number of anilines is 1. The van der Waals surface area contributed by atoms with E-state index in [1.165, 1.54) is 0 Å². The Hall–Kier alpha value is -1.33. The molecule has 2 nitrogen and oxygen atoms in total. The van der Waals surface area contributed by atoms with Crippen molar-refractivity contribution in [3.8, 4) is 0 Å². The second-order valence-corrected chi connectivity index (χ2v) is 2.90. The van der Waals surface area contributed by atoms with E-state index in [-0.39, 0.29) is 5.56 Å². The monoisotopic (exact) mass is 208 g/mol. The van der Waals surface area contributed by atoms with E-state index >= 15 is 0 Å². The molecule has 1 rings (SSSR count). The summed E-state index contributed by atoms with van der Waals surface area (Å²) in [6.45, 7) is 0.937. The molecule has 0 aliphatic carbocycles. The number of aromatic nitrogens is 1. The second-order valence-electron chi connectivity index (χ2n) is 2.90. The number of alkyl halides is 3. The normalized spacial score (nSPS) is 14.1. The molecule has 1 aromatic rings. The fraction of sp³-hybridized carbons (Fsp3) is 0.375. The molecule has 0 aliphatic heterocycles. The van der Waals surface area contributed by atoms with Crippen molar-refractivity contribution in [2.75, 3.05) is 5.73 Å². The quantitative estimate of drug-likeness (QED) is 0.720. The van der Waals surface area contributed by atoms with Gasteiger partial charge in [-0.15, -0.1) is 0 Å². The van der Waals surface area contributed by atoms with Crippen LogP contribution in [-0.4, -0.2) is 11.2 Å². The van der Waals surface area contributed by atoms with Gasteiger partial charge in [-0.25, -0.2) is 9.37 Å². The minimum absolute atomic E-state index is 0.232. The lowest BCUT2D eigenvalue weighted by atomic mass is 10.0. The van der Waals surface area contributed by atoms with Crippen LogP contribution in [0.5, 0.6) is 0 Å². The summed E-state index contributed by atoms with van der Waals surface area (Å²) in [7, 11) is 0. The Bertz CT molecular complexity index is 335. The molecule has 14 heavy (non-hydrogen) atoms. The van der Waals surface area contributed by atoms with E-state index in [4.69, 9.17) is 5.73 Å². The Kier molecular flexibility index (Phi) is 2.64. The lowest BCUT2D eigenvalue weighted by Crippen LogP contribution is -2.18. The van der Waals surface area contributed by atoms with Crippen LogP contribution in [0.3, 0.4) is 0 Å². The fourth-order valence-corrected chi connectivity index (χ4v) is 0.889. The number of nitrogen functional groups attached to an aromatic ring is 1. The maximum Gasteiger partial charge on any atom is 0.395 e. The van der Waals surface area contributed by atoms with Crippen molar-refractivity contribution in [2.45, 2.75) is 19.0 Å². The van der Waals surface area contributed by atoms with Crippen LogP contribution in [-0.2, 0) is 0 Å². The molecule has 0 spiro atoms. The summed E-state index contributed by atoms with van der Waals surface area (Å²) in [5.74, 6) is -3.08. The van der Waals surface area contributed by atoms with Crippen molar-refractivity contribution in [1.82, 2.24) is 4.98 Å². The number of rotatable bonds is 1. The van der Waals surface area contributed by atoms with E-state index in [2.05, 4.69) is 4.98 Å². The molecule has 0 aromatic carbocycles. The second kappa shape index (κ2) is 3.43. The molecule has 1 atom stereocenters. The van der Waals surface area contributed by atoms with Crippen molar-refractivity contribution in [3.63, 3.8) is 0 Å². The van der Waals surface area contributed by atoms with Crippen molar-refractivity contribution in [3.05, 3.63) is 23.6 Å². The minimum atomic E-state index is -4.40. The third-order valence-corrected chi connectivity index (χ3v) is 1.88. The van der Waals surface area contributed by atoms with Crippen LogP contribution in [0.15, 0.2) is 12.3 Å². The highest BCUT2D eigenvalue weighted by atomic mass is 19.4. The summed E-state index contributed by atoms with van der Waals surface area (Å²) in [6.07, 6.45) is -3.47. The zero-order chi connectivity index (χ0) is 10.9. The van der Waals surface area contributed by atoms with Crippen LogP contribution in [0.25, 0.3) is 0 Å². The van der Waals surface area contributed by atoms with Gasteiger partial charge < -0.3 is 5.73 Å². The summed E-state index contributed by atoms with van der Waals surface area (Å²) in [6, 6.07) is 0.750. The highest BCUT2D eigenvalue weighted by Gasteiger charge is 2.37. The molecule has 1 heterocycles. The van der Waals surface area contributed by atoms with Crippen molar-refractivity contribution < 1.29 is 17.6 Å². The maximum absolute atomic E-state index is 12.8. The van der Waals surface area contributed by atoms with Gasteiger partial charge >= 0.3 is 6.18 Å². The van der Waals surface area contributed by atoms with Crippen molar-refractivity contribution >= 4 is 5.82 Å². The first kappa shape index (κ1) is 10.7. The Morgan fingerprint density at radius 2 is 2.00 bits per heavy atom. The molecule has 78 valence electrons. The first-order valence-corrected chi connectivity index (χ1v) is 3.80. The molecule has 0 aliphatic rings. The Morgan fingerprint density at radius 1 is 1.43 bits per heavy atom. The van der Waals surface area contributed by atoms with Crippen LogP contribution in [0.4, 0.5) is 23.4 Å². The summed E-state index contributed by atoms with van der Waals surface area (Å²) in [5, 5.41) is 0. The van der Waals surface area contributed by atoms with E-state index in [9.17, 15) is 17.6 Å². The number of hydrogen-bond donors (Lipinski definition) is 1. The van der Waals surface area contributed by atoms with Gasteiger partial charge in [-0.3, -0.25) is 0 Å². The molecule has 0 saturated carbocycles. The van der Waals surface area contributed by atoms with Gasteiger partial charge in [-0.05, 0) is 18.6 Å². The Morgan fingerprint density at radius 3 is 2.43 bits per heavy atom. The average Bonchev–Trinajstić information content (AvgIpc) is 2.07. The van der Waals surface area contributed by atoms with Gasteiger partial charge in [0, 0.05) is 6.20 Å². The van der Waals surface area contributed by atoms with E-state index in [1.54, 1.807) is 0 Å². The summed E-state index contributed by atoms with van der Waals surface area (Å²) in [4.78, 5) is 3.32. The molecule has 0 radical (unpaired) electrons. The lowest BCUT2D eigenvalue weighted by Gasteiger charge is -2.15. The average molecular weight is 208 g/mol. The van der Waals surface area contributed by atoms with Crippen molar-refractivity contribution in [1.29, 1.82) is 0 Å². The lowest BCUT2D eigenvalue weighted by molar-refractivity contribution is -0.146. The van der Waals surface area contributed by atoms with Gasteiger partial charge in [0.25, 0.3) is 0 Å². The number of hydrogen-bond acceptors (Lipinski definition) is 2. The van der Waals surface area contributed by atoms with Crippen LogP contribution in [0.1, 0.15) is 18.4 Å². The zero-order valence-corrected chi connectivity index (χ0v) is 7.27. The maximum atomic E-state index is 12.8. The van der Waals surface area contributed by atoms with E-state index in [1.807, 2.05) is 0 Å². The standard InChI is InChI=1S/C8H8F4N2/c1-4(8(10,11)12)5-2-6(9)7(13)14-3-5/h2-4H,1H3,(H2,13,14). The van der Waals surface area contributed by atoms with Gasteiger partial charge in [0.05, 0.1) is 5.92 Å². The zero-order valence-electron chi connectivity index (χ0n) is 7.27. The molecule has 6 heteroatoms. The molecule has 0 bridgehead atoms. The number of nitrogens with zero attached hydrogens (tertiary/aromatic N) is 1. The van der Waals surface area contributed by atoms with Crippen LogP contribution < -0.4 is 5.73 Å². The molecule has 1 aromatic heterocycles. The van der Waals surface area contributed by atoms with Crippen LogP contribution in [0.2, 0.25) is 0 Å². The molecule has 2 N–H and O–H groups in total. The van der Waals surface area contributed by atoms with E-state index in [0.29, 0.717) is 0 Å². The van der Waals surface area contributed by atoms with Gasteiger partial charge in [-0.2, -0.15) is 13.2 Å². The Balaban J connectivity index is 3.03. The minimum Gasteiger partial charge on any atom is -0.381 e. The number of halogens is 4.